The summed E-state index contributed by atoms with van der Waals surface area (Å²) in [6.45, 7) is 5.96. The van der Waals surface area contributed by atoms with Gasteiger partial charge in [0.1, 0.15) is 5.75 Å². The first-order valence-electron chi connectivity index (χ1n) is 7.67. The van der Waals surface area contributed by atoms with Gasteiger partial charge in [0.15, 0.2) is 0 Å². The van der Waals surface area contributed by atoms with Crippen molar-refractivity contribution in [3.63, 3.8) is 0 Å². The van der Waals surface area contributed by atoms with Crippen molar-refractivity contribution < 1.29 is 4.74 Å². The van der Waals surface area contributed by atoms with Crippen LogP contribution in [0, 0.1) is 5.92 Å². The zero-order chi connectivity index (χ0) is 14.7. The third kappa shape index (κ3) is 2.93. The largest absolute Gasteiger partial charge is 0.493 e. The Balaban J connectivity index is 1.78. The molecule has 110 valence electrons. The summed E-state index contributed by atoms with van der Waals surface area (Å²) >= 11 is 0. The van der Waals surface area contributed by atoms with E-state index < -0.39 is 0 Å². The van der Waals surface area contributed by atoms with Crippen LogP contribution >= 0.6 is 0 Å². The predicted octanol–water partition coefficient (Wildman–Crippen LogP) is 3.50. The van der Waals surface area contributed by atoms with E-state index in [0.717, 1.165) is 31.0 Å². The van der Waals surface area contributed by atoms with Gasteiger partial charge in [-0.1, -0.05) is 38.1 Å². The van der Waals surface area contributed by atoms with E-state index in [1.807, 2.05) is 24.4 Å². The third-order valence-electron chi connectivity index (χ3n) is 4.18. The van der Waals surface area contributed by atoms with Crippen molar-refractivity contribution >= 4 is 0 Å². The zero-order valence-corrected chi connectivity index (χ0v) is 12.7. The van der Waals surface area contributed by atoms with E-state index >= 15 is 0 Å². The molecule has 2 aromatic rings. The van der Waals surface area contributed by atoms with Crippen LogP contribution < -0.4 is 10.1 Å². The monoisotopic (exact) mass is 282 g/mol. The first kappa shape index (κ1) is 14.1. The van der Waals surface area contributed by atoms with Crippen molar-refractivity contribution in [3.8, 4) is 5.75 Å². The van der Waals surface area contributed by atoms with Crippen LogP contribution in [0.15, 0.2) is 42.6 Å². The zero-order valence-electron chi connectivity index (χ0n) is 12.7. The second kappa shape index (κ2) is 6.27. The van der Waals surface area contributed by atoms with Crippen LogP contribution in [0.5, 0.6) is 5.75 Å². The molecule has 1 aliphatic heterocycles. The first-order valence-corrected chi connectivity index (χ1v) is 7.67. The number of nitrogens with one attached hydrogen (secondary N) is 1. The van der Waals surface area contributed by atoms with E-state index in [1.165, 1.54) is 11.1 Å². The lowest BCUT2D eigenvalue weighted by Gasteiger charge is -2.32. The van der Waals surface area contributed by atoms with Crippen LogP contribution in [0.1, 0.15) is 36.7 Å². The van der Waals surface area contributed by atoms with E-state index in [4.69, 9.17) is 4.74 Å². The molecule has 1 N–H and O–H groups in total. The molecule has 21 heavy (non-hydrogen) atoms. The Morgan fingerprint density at radius 2 is 2.10 bits per heavy atom. The lowest BCUT2D eigenvalue weighted by Crippen LogP contribution is -2.34. The maximum Gasteiger partial charge on any atom is 0.124 e. The number of fused-ring (bicyclic) bond motifs is 1. The van der Waals surface area contributed by atoms with Crippen molar-refractivity contribution in [1.29, 1.82) is 0 Å². The SMILES string of the molecule is CCc1cccnc1CNC1c2ccccc2OCC1C. The number of pyridine rings is 1. The number of para-hydroxylation sites is 1. The third-order valence-corrected chi connectivity index (χ3v) is 4.18. The van der Waals surface area contributed by atoms with Crippen LogP contribution in [0.3, 0.4) is 0 Å². The van der Waals surface area contributed by atoms with Gasteiger partial charge in [0.05, 0.1) is 12.3 Å². The second-order valence-corrected chi connectivity index (χ2v) is 5.65. The Kier molecular flexibility index (Phi) is 4.20. The minimum atomic E-state index is 0.321. The fraction of sp³-hybridized carbons (Fsp3) is 0.389. The number of ether oxygens (including phenoxy) is 1. The number of aryl methyl sites for hydroxylation is 1. The molecule has 3 heteroatoms. The summed E-state index contributed by atoms with van der Waals surface area (Å²) in [5.74, 6) is 1.46. The molecule has 2 unspecified atom stereocenters. The molecule has 3 rings (SSSR count). The predicted molar refractivity (Wildman–Crippen MR) is 84.3 cm³/mol. The van der Waals surface area contributed by atoms with Crippen molar-refractivity contribution in [3.05, 3.63) is 59.4 Å². The lowest BCUT2D eigenvalue weighted by molar-refractivity contribution is 0.187. The van der Waals surface area contributed by atoms with Crippen LogP contribution in [0.4, 0.5) is 0 Å². The smallest absolute Gasteiger partial charge is 0.124 e. The molecule has 0 amide bonds. The second-order valence-electron chi connectivity index (χ2n) is 5.65. The lowest BCUT2D eigenvalue weighted by atomic mass is 9.92. The molecule has 2 heterocycles. The van der Waals surface area contributed by atoms with Gasteiger partial charge in [0, 0.05) is 30.3 Å². The minimum Gasteiger partial charge on any atom is -0.493 e. The molecule has 1 aromatic heterocycles. The van der Waals surface area contributed by atoms with Crippen molar-refractivity contribution in [2.24, 2.45) is 5.92 Å². The fourth-order valence-electron chi connectivity index (χ4n) is 2.96. The molecule has 0 bridgehead atoms. The molecule has 0 spiro atoms. The molecule has 2 atom stereocenters. The van der Waals surface area contributed by atoms with Gasteiger partial charge in [-0.2, -0.15) is 0 Å². The molecule has 1 aromatic carbocycles. The highest BCUT2D eigenvalue weighted by Gasteiger charge is 2.27. The van der Waals surface area contributed by atoms with Crippen LogP contribution in [0.2, 0.25) is 0 Å². The number of hydrogen-bond donors (Lipinski definition) is 1. The van der Waals surface area contributed by atoms with Crippen LogP contribution in [-0.4, -0.2) is 11.6 Å². The van der Waals surface area contributed by atoms with Gasteiger partial charge in [-0.25, -0.2) is 0 Å². The van der Waals surface area contributed by atoms with E-state index in [9.17, 15) is 0 Å². The van der Waals surface area contributed by atoms with E-state index in [1.54, 1.807) is 0 Å². The summed E-state index contributed by atoms with van der Waals surface area (Å²) in [5, 5.41) is 3.68. The van der Waals surface area contributed by atoms with Crippen molar-refractivity contribution in [1.82, 2.24) is 10.3 Å². The summed E-state index contributed by atoms with van der Waals surface area (Å²) in [4.78, 5) is 4.52. The maximum atomic E-state index is 5.81. The molecular formula is C18H22N2O. The number of aromatic nitrogens is 1. The van der Waals surface area contributed by atoms with E-state index in [0.29, 0.717) is 12.0 Å². The Morgan fingerprint density at radius 3 is 2.95 bits per heavy atom. The minimum absolute atomic E-state index is 0.321. The summed E-state index contributed by atoms with van der Waals surface area (Å²) < 4.78 is 5.81. The highest BCUT2D eigenvalue weighted by Crippen LogP contribution is 2.35. The highest BCUT2D eigenvalue weighted by molar-refractivity contribution is 5.38. The Hall–Kier alpha value is -1.87. The van der Waals surface area contributed by atoms with Gasteiger partial charge >= 0.3 is 0 Å². The van der Waals surface area contributed by atoms with Gasteiger partial charge in [-0.3, -0.25) is 4.98 Å². The van der Waals surface area contributed by atoms with Crippen LogP contribution in [-0.2, 0) is 13.0 Å². The molecule has 0 saturated carbocycles. The average molecular weight is 282 g/mol. The van der Waals surface area contributed by atoms with E-state index in [2.05, 4.69) is 42.3 Å². The number of nitrogens with zero attached hydrogens (tertiary/aromatic N) is 1. The normalized spacial score (nSPS) is 20.7. The Bertz CT molecular complexity index is 612. The Labute approximate surface area is 126 Å². The van der Waals surface area contributed by atoms with E-state index in [-0.39, 0.29) is 0 Å². The van der Waals surface area contributed by atoms with Gasteiger partial charge in [-0.15, -0.1) is 0 Å². The highest BCUT2D eigenvalue weighted by atomic mass is 16.5. The summed E-state index contributed by atoms with van der Waals surface area (Å²) in [5.41, 5.74) is 3.72. The van der Waals surface area contributed by atoms with Crippen molar-refractivity contribution in [2.75, 3.05) is 6.61 Å². The maximum absolute atomic E-state index is 5.81. The fourth-order valence-corrected chi connectivity index (χ4v) is 2.96. The molecule has 0 saturated heterocycles. The van der Waals surface area contributed by atoms with Gasteiger partial charge < -0.3 is 10.1 Å². The van der Waals surface area contributed by atoms with Gasteiger partial charge in [0.2, 0.25) is 0 Å². The molecule has 0 aliphatic carbocycles. The van der Waals surface area contributed by atoms with Crippen molar-refractivity contribution in [2.45, 2.75) is 32.9 Å². The molecule has 0 fully saturated rings. The first-order chi connectivity index (χ1) is 10.3. The summed E-state index contributed by atoms with van der Waals surface area (Å²) in [6, 6.07) is 12.8. The number of benzene rings is 1. The molecule has 3 nitrogen and oxygen atoms in total. The van der Waals surface area contributed by atoms with Gasteiger partial charge in [0.25, 0.3) is 0 Å². The van der Waals surface area contributed by atoms with Crippen LogP contribution in [0.25, 0.3) is 0 Å². The molecular weight excluding hydrogens is 260 g/mol. The summed E-state index contributed by atoms with van der Waals surface area (Å²) in [6.07, 6.45) is 2.89. The molecule has 0 radical (unpaired) electrons. The summed E-state index contributed by atoms with van der Waals surface area (Å²) in [7, 11) is 0. The topological polar surface area (TPSA) is 34.2 Å². The molecule has 1 aliphatic rings. The quantitative estimate of drug-likeness (QED) is 0.932. The Morgan fingerprint density at radius 1 is 1.24 bits per heavy atom. The number of hydrogen-bond acceptors (Lipinski definition) is 3. The number of rotatable bonds is 4. The standard InChI is InChI=1S/C18H22N2O/c1-3-14-7-6-10-19-16(14)11-20-18-13(2)12-21-17-9-5-4-8-15(17)18/h4-10,13,18,20H,3,11-12H2,1-2H3. The van der Waals surface area contributed by atoms with Gasteiger partial charge in [-0.05, 0) is 24.1 Å². The average Bonchev–Trinajstić information content (AvgIpc) is 2.54.